The first-order valence-electron chi connectivity index (χ1n) is 7.41. The first-order chi connectivity index (χ1) is 10.2. The monoisotopic (exact) mass is 281 g/mol. The Balaban J connectivity index is 2.10. The first kappa shape index (κ1) is 15.3. The molecule has 0 atom stereocenters. The molecule has 0 aliphatic rings. The van der Waals surface area contributed by atoms with Crippen LogP contribution in [0.2, 0.25) is 0 Å². The second kappa shape index (κ2) is 7.63. The smallest absolute Gasteiger partial charge is 0.233 e. The molecule has 0 aliphatic carbocycles. The zero-order chi connectivity index (χ0) is 15.1. The number of hydrogen-bond donors (Lipinski definition) is 0. The van der Waals surface area contributed by atoms with Crippen LogP contribution in [0.25, 0.3) is 11.1 Å². The van der Waals surface area contributed by atoms with Gasteiger partial charge in [-0.1, -0.05) is 56.3 Å². The Kier molecular flexibility index (Phi) is 5.56. The number of ether oxygens (including phenoxy) is 1. The standard InChI is InChI=1S/C19H21O2/c1-15(2)6-5-13-21-19-8-4-3-7-18(19)17-11-9-16(14-20)10-12-17/h3-4,7-12,15H,5-6,13H2,1-2H3. The highest BCUT2D eigenvalue weighted by Crippen LogP contribution is 2.30. The van der Waals surface area contributed by atoms with Gasteiger partial charge in [0.25, 0.3) is 0 Å². The molecule has 0 saturated carbocycles. The molecule has 2 rings (SSSR count). The summed E-state index contributed by atoms with van der Waals surface area (Å²) in [4.78, 5) is 10.6. The predicted octanol–water partition coefficient (Wildman–Crippen LogP) is 4.63. The van der Waals surface area contributed by atoms with E-state index in [0.29, 0.717) is 11.5 Å². The normalized spacial score (nSPS) is 10.6. The largest absolute Gasteiger partial charge is 0.493 e. The van der Waals surface area contributed by atoms with Gasteiger partial charge in [0.05, 0.1) is 6.61 Å². The topological polar surface area (TPSA) is 26.3 Å². The molecule has 109 valence electrons. The van der Waals surface area contributed by atoms with Gasteiger partial charge in [0.1, 0.15) is 5.75 Å². The van der Waals surface area contributed by atoms with Crippen molar-refractivity contribution in [2.75, 3.05) is 6.61 Å². The van der Waals surface area contributed by atoms with Crippen LogP contribution >= 0.6 is 0 Å². The van der Waals surface area contributed by atoms with Crippen LogP contribution < -0.4 is 4.74 Å². The molecular formula is C19H21O2. The van der Waals surface area contributed by atoms with Crippen molar-refractivity contribution in [1.82, 2.24) is 0 Å². The van der Waals surface area contributed by atoms with Crippen molar-refractivity contribution in [2.24, 2.45) is 5.92 Å². The van der Waals surface area contributed by atoms with Crippen LogP contribution in [0.5, 0.6) is 5.75 Å². The zero-order valence-corrected chi connectivity index (χ0v) is 12.6. The Morgan fingerprint density at radius 3 is 2.43 bits per heavy atom. The molecule has 2 aromatic rings. The predicted molar refractivity (Wildman–Crippen MR) is 86.2 cm³/mol. The lowest BCUT2D eigenvalue weighted by atomic mass is 10.0. The quantitative estimate of drug-likeness (QED) is 0.692. The molecule has 1 radical (unpaired) electrons. The van der Waals surface area contributed by atoms with Crippen LogP contribution in [0.4, 0.5) is 0 Å². The molecule has 0 amide bonds. The van der Waals surface area contributed by atoms with Crippen molar-refractivity contribution in [3.63, 3.8) is 0 Å². The maximum Gasteiger partial charge on any atom is 0.233 e. The summed E-state index contributed by atoms with van der Waals surface area (Å²) in [5.41, 5.74) is 2.67. The summed E-state index contributed by atoms with van der Waals surface area (Å²) in [6, 6.07) is 15.4. The summed E-state index contributed by atoms with van der Waals surface area (Å²) in [7, 11) is 0. The molecule has 0 spiro atoms. The van der Waals surface area contributed by atoms with Gasteiger partial charge in [0, 0.05) is 11.1 Å². The molecule has 0 unspecified atom stereocenters. The summed E-state index contributed by atoms with van der Waals surface area (Å²) >= 11 is 0. The van der Waals surface area contributed by atoms with Gasteiger partial charge in [0.15, 0.2) is 0 Å². The third kappa shape index (κ3) is 4.45. The number of rotatable bonds is 7. The third-order valence-electron chi connectivity index (χ3n) is 3.38. The van der Waals surface area contributed by atoms with E-state index in [1.165, 1.54) is 6.42 Å². The Labute approximate surface area is 126 Å². The molecule has 0 aliphatic heterocycles. The van der Waals surface area contributed by atoms with Gasteiger partial charge < -0.3 is 4.74 Å². The molecule has 2 nitrogen and oxygen atoms in total. The molecule has 0 bridgehead atoms. The summed E-state index contributed by atoms with van der Waals surface area (Å²) in [5, 5.41) is 0. The molecule has 2 aromatic carbocycles. The van der Waals surface area contributed by atoms with E-state index in [2.05, 4.69) is 13.8 Å². The second-order valence-electron chi connectivity index (χ2n) is 5.56. The average molecular weight is 281 g/mol. The van der Waals surface area contributed by atoms with Crippen molar-refractivity contribution in [3.05, 3.63) is 54.1 Å². The minimum Gasteiger partial charge on any atom is -0.493 e. The Morgan fingerprint density at radius 1 is 1.05 bits per heavy atom. The molecule has 0 saturated heterocycles. The van der Waals surface area contributed by atoms with Gasteiger partial charge in [-0.25, -0.2) is 0 Å². The molecule has 0 fully saturated rings. The third-order valence-corrected chi connectivity index (χ3v) is 3.38. The summed E-state index contributed by atoms with van der Waals surface area (Å²) in [6.45, 7) is 5.18. The fraction of sp³-hybridized carbons (Fsp3) is 0.316. The second-order valence-corrected chi connectivity index (χ2v) is 5.56. The molecule has 0 N–H and O–H groups in total. The average Bonchev–Trinajstić information content (AvgIpc) is 2.52. The number of benzene rings is 2. The van der Waals surface area contributed by atoms with Crippen LogP contribution in [0, 0.1) is 5.92 Å². The van der Waals surface area contributed by atoms with Crippen LogP contribution in [0.15, 0.2) is 48.5 Å². The summed E-state index contributed by atoms with van der Waals surface area (Å²) in [5.74, 6) is 1.60. The molecule has 0 aromatic heterocycles. The van der Waals surface area contributed by atoms with Crippen molar-refractivity contribution in [2.45, 2.75) is 26.7 Å². The highest BCUT2D eigenvalue weighted by molar-refractivity contribution is 5.78. The number of carbonyl (C=O) groups excluding carboxylic acids is 1. The zero-order valence-electron chi connectivity index (χ0n) is 12.6. The molecule has 2 heteroatoms. The Bertz CT molecular complexity index is 570. The maximum absolute atomic E-state index is 10.6. The van der Waals surface area contributed by atoms with E-state index in [-0.39, 0.29) is 0 Å². The minimum absolute atomic E-state index is 0.564. The maximum atomic E-state index is 10.6. The van der Waals surface area contributed by atoms with E-state index in [1.807, 2.05) is 42.7 Å². The molecular weight excluding hydrogens is 260 g/mol. The van der Waals surface area contributed by atoms with Gasteiger partial charge in [-0.05, 0) is 30.4 Å². The van der Waals surface area contributed by atoms with Crippen LogP contribution in [-0.4, -0.2) is 12.9 Å². The lowest BCUT2D eigenvalue weighted by Crippen LogP contribution is -2.00. The van der Waals surface area contributed by atoms with Crippen molar-refractivity contribution < 1.29 is 9.53 Å². The van der Waals surface area contributed by atoms with Gasteiger partial charge in [-0.2, -0.15) is 0 Å². The van der Waals surface area contributed by atoms with Crippen LogP contribution in [0.1, 0.15) is 32.3 Å². The van der Waals surface area contributed by atoms with Gasteiger partial charge >= 0.3 is 0 Å². The van der Waals surface area contributed by atoms with E-state index in [0.717, 1.165) is 29.9 Å². The lowest BCUT2D eigenvalue weighted by Gasteiger charge is -2.12. The summed E-state index contributed by atoms with van der Waals surface area (Å²) < 4.78 is 5.92. The van der Waals surface area contributed by atoms with E-state index in [1.54, 1.807) is 12.1 Å². The fourth-order valence-electron chi connectivity index (χ4n) is 2.22. The first-order valence-corrected chi connectivity index (χ1v) is 7.41. The van der Waals surface area contributed by atoms with Gasteiger partial charge in [0.2, 0.25) is 6.29 Å². The highest BCUT2D eigenvalue weighted by atomic mass is 16.5. The number of para-hydroxylation sites is 1. The van der Waals surface area contributed by atoms with Crippen molar-refractivity contribution in [3.8, 4) is 16.9 Å². The summed E-state index contributed by atoms with van der Waals surface area (Å²) in [6.07, 6.45) is 4.12. The Morgan fingerprint density at radius 2 is 1.76 bits per heavy atom. The molecule has 21 heavy (non-hydrogen) atoms. The number of hydrogen-bond acceptors (Lipinski definition) is 2. The van der Waals surface area contributed by atoms with Crippen molar-refractivity contribution in [1.29, 1.82) is 0 Å². The SMILES string of the molecule is CC(C)CCCOc1ccccc1-c1ccc([C]=O)cc1. The fourth-order valence-corrected chi connectivity index (χ4v) is 2.22. The highest BCUT2D eigenvalue weighted by Gasteiger charge is 2.06. The van der Waals surface area contributed by atoms with Crippen LogP contribution in [0.3, 0.4) is 0 Å². The van der Waals surface area contributed by atoms with E-state index in [4.69, 9.17) is 4.74 Å². The van der Waals surface area contributed by atoms with E-state index < -0.39 is 0 Å². The van der Waals surface area contributed by atoms with E-state index in [9.17, 15) is 4.79 Å². The van der Waals surface area contributed by atoms with Gasteiger partial charge in [-0.3, -0.25) is 4.79 Å². The van der Waals surface area contributed by atoms with Gasteiger partial charge in [-0.15, -0.1) is 0 Å². The minimum atomic E-state index is 0.564. The van der Waals surface area contributed by atoms with Crippen LogP contribution in [-0.2, 0) is 4.79 Å². The van der Waals surface area contributed by atoms with Crippen molar-refractivity contribution >= 4 is 6.29 Å². The molecule has 0 heterocycles. The Hall–Kier alpha value is -2.09. The lowest BCUT2D eigenvalue weighted by molar-refractivity contribution is 0.299. The van der Waals surface area contributed by atoms with E-state index >= 15 is 0 Å².